The summed E-state index contributed by atoms with van der Waals surface area (Å²) in [4.78, 5) is 27.1. The molecule has 10 heteroatoms. The SMILES string of the molecule is O=C(O)Cn1cc2cc(CC(=O)c3cccc(C(F)(F)F)n3)c(OCC3CC3)cc2n1. The highest BCUT2D eigenvalue weighted by atomic mass is 19.4. The molecule has 0 saturated heterocycles. The summed E-state index contributed by atoms with van der Waals surface area (Å²) in [5, 5.41) is 13.8. The van der Waals surface area contributed by atoms with E-state index < -0.39 is 23.6 Å². The minimum absolute atomic E-state index is 0.214. The van der Waals surface area contributed by atoms with Gasteiger partial charge in [0.25, 0.3) is 0 Å². The molecule has 0 unspecified atom stereocenters. The Morgan fingerprint density at radius 3 is 2.68 bits per heavy atom. The number of nitrogens with zero attached hydrogens (tertiary/aromatic N) is 3. The van der Waals surface area contributed by atoms with Crippen molar-refractivity contribution in [3.8, 4) is 5.75 Å². The molecule has 7 nitrogen and oxygen atoms in total. The highest BCUT2D eigenvalue weighted by molar-refractivity contribution is 5.97. The third-order valence-corrected chi connectivity index (χ3v) is 4.88. The van der Waals surface area contributed by atoms with E-state index in [0.717, 1.165) is 25.0 Å². The minimum atomic E-state index is -4.65. The summed E-state index contributed by atoms with van der Waals surface area (Å²) in [6.07, 6.45) is -1.22. The van der Waals surface area contributed by atoms with Crippen LogP contribution in [0.2, 0.25) is 0 Å². The summed E-state index contributed by atoms with van der Waals surface area (Å²) in [7, 11) is 0. The maximum atomic E-state index is 12.9. The van der Waals surface area contributed by atoms with Gasteiger partial charge < -0.3 is 9.84 Å². The van der Waals surface area contributed by atoms with Crippen LogP contribution in [0.25, 0.3) is 10.9 Å². The van der Waals surface area contributed by atoms with E-state index in [1.54, 1.807) is 12.1 Å². The van der Waals surface area contributed by atoms with E-state index >= 15 is 0 Å². The lowest BCUT2D eigenvalue weighted by Gasteiger charge is -2.12. The summed E-state index contributed by atoms with van der Waals surface area (Å²) in [5.74, 6) is -0.794. The number of Topliss-reactive ketones (excluding diaryl/α,β-unsaturated/α-hetero) is 1. The molecule has 0 radical (unpaired) electrons. The average molecular weight is 433 g/mol. The third kappa shape index (κ3) is 5.01. The molecule has 4 rings (SSSR count). The Morgan fingerprint density at radius 1 is 1.23 bits per heavy atom. The first-order valence-electron chi connectivity index (χ1n) is 9.61. The largest absolute Gasteiger partial charge is 0.493 e. The number of carbonyl (C=O) groups is 2. The number of rotatable bonds is 8. The van der Waals surface area contributed by atoms with Crippen LogP contribution in [-0.4, -0.2) is 38.2 Å². The number of halogens is 3. The zero-order valence-electron chi connectivity index (χ0n) is 16.2. The van der Waals surface area contributed by atoms with Crippen molar-refractivity contribution in [3.05, 3.63) is 53.5 Å². The van der Waals surface area contributed by atoms with Crippen LogP contribution in [0.1, 0.15) is 34.6 Å². The van der Waals surface area contributed by atoms with E-state index in [4.69, 9.17) is 9.84 Å². The third-order valence-electron chi connectivity index (χ3n) is 4.88. The normalized spacial score (nSPS) is 14.0. The number of carbonyl (C=O) groups excluding carboxylic acids is 1. The van der Waals surface area contributed by atoms with Crippen LogP contribution in [0.4, 0.5) is 13.2 Å². The second kappa shape index (κ2) is 8.01. The van der Waals surface area contributed by atoms with Crippen LogP contribution in [0.5, 0.6) is 5.75 Å². The second-order valence-electron chi connectivity index (χ2n) is 7.50. The van der Waals surface area contributed by atoms with E-state index in [1.165, 1.54) is 16.9 Å². The van der Waals surface area contributed by atoms with E-state index in [2.05, 4.69) is 10.1 Å². The van der Waals surface area contributed by atoms with Crippen molar-refractivity contribution in [1.82, 2.24) is 14.8 Å². The predicted molar refractivity (Wildman–Crippen MR) is 103 cm³/mol. The topological polar surface area (TPSA) is 94.3 Å². The van der Waals surface area contributed by atoms with Gasteiger partial charge in [-0.2, -0.15) is 18.3 Å². The van der Waals surface area contributed by atoms with Crippen LogP contribution in [-0.2, 0) is 23.9 Å². The maximum absolute atomic E-state index is 12.9. The Labute approximate surface area is 174 Å². The van der Waals surface area contributed by atoms with Gasteiger partial charge in [-0.3, -0.25) is 14.3 Å². The number of aromatic nitrogens is 3. The Hall–Kier alpha value is -3.43. The summed E-state index contributed by atoms with van der Waals surface area (Å²) < 4.78 is 45.9. The lowest BCUT2D eigenvalue weighted by molar-refractivity contribution is -0.141. The van der Waals surface area contributed by atoms with Crippen molar-refractivity contribution >= 4 is 22.7 Å². The van der Waals surface area contributed by atoms with E-state index in [9.17, 15) is 22.8 Å². The van der Waals surface area contributed by atoms with Gasteiger partial charge in [0.15, 0.2) is 5.78 Å². The Bertz CT molecular complexity index is 1150. The quantitative estimate of drug-likeness (QED) is 0.544. The number of pyridine rings is 1. The summed E-state index contributed by atoms with van der Waals surface area (Å²) >= 11 is 0. The summed E-state index contributed by atoms with van der Waals surface area (Å²) in [5.41, 5.74) is -0.439. The molecule has 162 valence electrons. The molecule has 1 saturated carbocycles. The molecule has 2 aromatic heterocycles. The number of aliphatic carboxylic acids is 1. The van der Waals surface area contributed by atoms with Crippen LogP contribution < -0.4 is 4.74 Å². The molecular weight excluding hydrogens is 415 g/mol. The van der Waals surface area contributed by atoms with Crippen molar-refractivity contribution in [2.24, 2.45) is 5.92 Å². The molecule has 3 aromatic rings. The molecule has 0 bridgehead atoms. The fraction of sp³-hybridized carbons (Fsp3) is 0.333. The van der Waals surface area contributed by atoms with Crippen LogP contribution >= 0.6 is 0 Å². The van der Waals surface area contributed by atoms with Gasteiger partial charge >= 0.3 is 12.1 Å². The van der Waals surface area contributed by atoms with Gasteiger partial charge in [-0.25, -0.2) is 4.98 Å². The molecule has 1 N–H and O–H groups in total. The lowest BCUT2D eigenvalue weighted by Crippen LogP contribution is -2.13. The lowest BCUT2D eigenvalue weighted by atomic mass is 10.0. The molecule has 0 amide bonds. The van der Waals surface area contributed by atoms with Gasteiger partial charge in [-0.15, -0.1) is 0 Å². The van der Waals surface area contributed by atoms with Crippen LogP contribution in [0.15, 0.2) is 36.5 Å². The standard InChI is InChI=1S/C21H18F3N3O4/c22-21(23,24)19-3-1-2-15(25-19)17(28)7-13-6-14-9-27(10-20(29)30)26-16(14)8-18(13)31-11-12-4-5-12/h1-3,6,8-9,12H,4-5,7,10-11H2,(H,29,30). The first-order chi connectivity index (χ1) is 14.7. The summed E-state index contributed by atoms with van der Waals surface area (Å²) in [6, 6.07) is 6.47. The van der Waals surface area contributed by atoms with E-state index in [-0.39, 0.29) is 18.7 Å². The number of hydrogen-bond donors (Lipinski definition) is 1. The van der Waals surface area contributed by atoms with Crippen molar-refractivity contribution < 1.29 is 32.6 Å². The molecule has 0 atom stereocenters. The second-order valence-corrected chi connectivity index (χ2v) is 7.50. The number of carboxylic acids is 1. The smallest absolute Gasteiger partial charge is 0.433 e. The Morgan fingerprint density at radius 2 is 2.00 bits per heavy atom. The van der Waals surface area contributed by atoms with E-state index in [0.29, 0.717) is 34.7 Å². The average Bonchev–Trinajstić information content (AvgIpc) is 3.45. The van der Waals surface area contributed by atoms with E-state index in [1.807, 2.05) is 0 Å². The first kappa shape index (κ1) is 20.8. The molecule has 1 fully saturated rings. The van der Waals surface area contributed by atoms with Gasteiger partial charge in [0, 0.05) is 29.6 Å². The molecule has 1 aliphatic rings. The number of hydrogen-bond acceptors (Lipinski definition) is 5. The van der Waals surface area contributed by atoms with Gasteiger partial charge in [-0.05, 0) is 37.0 Å². The fourth-order valence-corrected chi connectivity index (χ4v) is 3.15. The van der Waals surface area contributed by atoms with Gasteiger partial charge in [0.2, 0.25) is 0 Å². The molecule has 1 aliphatic carbocycles. The highest BCUT2D eigenvalue weighted by Crippen LogP contribution is 2.33. The van der Waals surface area contributed by atoms with Crippen molar-refractivity contribution in [3.63, 3.8) is 0 Å². The Kier molecular flexibility index (Phi) is 5.38. The number of ketones is 1. The first-order valence-corrected chi connectivity index (χ1v) is 9.61. The molecule has 1 aromatic carbocycles. The minimum Gasteiger partial charge on any atom is -0.493 e. The van der Waals surface area contributed by atoms with Gasteiger partial charge in [0.1, 0.15) is 23.7 Å². The number of benzene rings is 1. The van der Waals surface area contributed by atoms with Crippen LogP contribution in [0, 0.1) is 5.92 Å². The van der Waals surface area contributed by atoms with Gasteiger partial charge in [-0.1, -0.05) is 6.07 Å². The van der Waals surface area contributed by atoms with Crippen molar-refractivity contribution in [2.45, 2.75) is 32.0 Å². The molecular formula is C21H18F3N3O4. The molecule has 0 spiro atoms. The monoisotopic (exact) mass is 433 g/mol. The summed E-state index contributed by atoms with van der Waals surface area (Å²) in [6.45, 7) is 0.139. The van der Waals surface area contributed by atoms with Crippen LogP contribution in [0.3, 0.4) is 0 Å². The Balaban J connectivity index is 1.64. The van der Waals surface area contributed by atoms with Crippen molar-refractivity contribution in [2.75, 3.05) is 6.61 Å². The number of ether oxygens (including phenoxy) is 1. The molecule has 0 aliphatic heterocycles. The van der Waals surface area contributed by atoms with Gasteiger partial charge in [0.05, 0.1) is 12.1 Å². The number of alkyl halides is 3. The predicted octanol–water partition coefficient (Wildman–Crippen LogP) is 3.75. The number of fused-ring (bicyclic) bond motifs is 1. The maximum Gasteiger partial charge on any atom is 0.433 e. The molecule has 2 heterocycles. The highest BCUT2D eigenvalue weighted by Gasteiger charge is 2.33. The zero-order chi connectivity index (χ0) is 22.2. The zero-order valence-corrected chi connectivity index (χ0v) is 16.2. The van der Waals surface area contributed by atoms with Crippen molar-refractivity contribution in [1.29, 1.82) is 0 Å². The molecule has 31 heavy (non-hydrogen) atoms. The number of carboxylic acid groups (broad SMARTS) is 1. The fourth-order valence-electron chi connectivity index (χ4n) is 3.15.